The lowest BCUT2D eigenvalue weighted by Crippen LogP contribution is -2.51. The molecule has 1 atom stereocenters. The van der Waals surface area contributed by atoms with E-state index in [1.165, 1.54) is 0 Å². The Kier molecular flexibility index (Phi) is 4.88. The van der Waals surface area contributed by atoms with Crippen LogP contribution in [-0.4, -0.2) is 29.2 Å². The van der Waals surface area contributed by atoms with Gasteiger partial charge in [0.2, 0.25) is 5.91 Å². The maximum Gasteiger partial charge on any atom is 0.313 e. The molecule has 0 heterocycles. The van der Waals surface area contributed by atoms with Crippen LogP contribution >= 0.6 is 0 Å². The summed E-state index contributed by atoms with van der Waals surface area (Å²) in [6, 6.07) is 7.08. The van der Waals surface area contributed by atoms with Crippen LogP contribution in [0.4, 0.5) is 4.79 Å². The molecule has 0 aromatic heterocycles. The van der Waals surface area contributed by atoms with Crippen LogP contribution in [0.25, 0.3) is 0 Å². The Bertz CT molecular complexity index is 446. The van der Waals surface area contributed by atoms with Gasteiger partial charge in [-0.25, -0.2) is 4.79 Å². The second kappa shape index (κ2) is 6.19. The molecule has 0 aliphatic rings. The van der Waals surface area contributed by atoms with Gasteiger partial charge < -0.3 is 21.5 Å². The second-order valence-corrected chi connectivity index (χ2v) is 4.88. The van der Waals surface area contributed by atoms with Gasteiger partial charge in [-0.3, -0.25) is 4.79 Å². The first-order valence-electron chi connectivity index (χ1n) is 5.89. The van der Waals surface area contributed by atoms with Crippen LogP contribution in [0.15, 0.2) is 30.3 Å². The lowest BCUT2D eigenvalue weighted by Gasteiger charge is -2.27. The molecule has 5 N–H and O–H groups in total. The highest BCUT2D eigenvalue weighted by molar-refractivity contribution is 5.88. The summed E-state index contributed by atoms with van der Waals surface area (Å²) in [4.78, 5) is 23.2. The van der Waals surface area contributed by atoms with Crippen molar-refractivity contribution in [2.45, 2.75) is 25.4 Å². The molecule has 0 radical (unpaired) electrons. The predicted molar refractivity (Wildman–Crippen MR) is 71.2 cm³/mol. The topological polar surface area (TPSA) is 104 Å². The Balaban J connectivity index is 2.92. The van der Waals surface area contributed by atoms with Crippen LogP contribution < -0.4 is 16.4 Å². The van der Waals surface area contributed by atoms with Crippen LogP contribution in [-0.2, 0) is 4.79 Å². The molecule has 0 aliphatic carbocycles. The third kappa shape index (κ3) is 4.59. The van der Waals surface area contributed by atoms with E-state index >= 15 is 0 Å². The fourth-order valence-corrected chi connectivity index (χ4v) is 1.53. The molecule has 1 aromatic rings. The van der Waals surface area contributed by atoms with E-state index in [9.17, 15) is 9.59 Å². The van der Waals surface area contributed by atoms with Crippen molar-refractivity contribution in [3.05, 3.63) is 35.9 Å². The number of carbonyl (C=O) groups excluding carboxylic acids is 2. The molecule has 0 fully saturated rings. The van der Waals surface area contributed by atoms with E-state index in [0.717, 1.165) is 0 Å². The zero-order chi connectivity index (χ0) is 14.5. The number of hydrogen-bond acceptors (Lipinski definition) is 3. The number of amides is 3. The first-order valence-corrected chi connectivity index (χ1v) is 5.89. The molecule has 104 valence electrons. The minimum absolute atomic E-state index is 0.211. The minimum Gasteiger partial charge on any atom is -0.394 e. The molecule has 0 bridgehead atoms. The van der Waals surface area contributed by atoms with E-state index in [2.05, 4.69) is 10.6 Å². The molecule has 1 rings (SSSR count). The standard InChI is InChI=1S/C13H19N3O3/c1-13(2,8-17)16-11(18)10(15-12(14)19)9-6-4-3-5-7-9/h3-7,10,17H,8H2,1-2H3,(H,16,18)(H3,14,15,19). The van der Waals surface area contributed by atoms with Gasteiger partial charge in [0.25, 0.3) is 0 Å². The lowest BCUT2D eigenvalue weighted by atomic mass is 10.0. The van der Waals surface area contributed by atoms with E-state index in [1.54, 1.807) is 44.2 Å². The largest absolute Gasteiger partial charge is 0.394 e. The number of primary amides is 1. The molecule has 0 saturated carbocycles. The number of carbonyl (C=O) groups is 2. The van der Waals surface area contributed by atoms with Gasteiger partial charge in [0.05, 0.1) is 12.1 Å². The van der Waals surface area contributed by atoms with Crippen LogP contribution in [0.2, 0.25) is 0 Å². The van der Waals surface area contributed by atoms with Crippen LogP contribution in [0.5, 0.6) is 0 Å². The highest BCUT2D eigenvalue weighted by Crippen LogP contribution is 2.14. The number of benzene rings is 1. The zero-order valence-corrected chi connectivity index (χ0v) is 11.0. The minimum atomic E-state index is -0.885. The number of aliphatic hydroxyl groups excluding tert-OH is 1. The van der Waals surface area contributed by atoms with Gasteiger partial charge in [-0.15, -0.1) is 0 Å². The van der Waals surface area contributed by atoms with E-state index in [-0.39, 0.29) is 6.61 Å². The fraction of sp³-hybridized carbons (Fsp3) is 0.385. The Labute approximate surface area is 112 Å². The van der Waals surface area contributed by atoms with Crippen molar-refractivity contribution >= 4 is 11.9 Å². The molecule has 6 nitrogen and oxygen atoms in total. The summed E-state index contributed by atoms with van der Waals surface area (Å²) in [5.74, 6) is -0.427. The van der Waals surface area contributed by atoms with Gasteiger partial charge in [-0.1, -0.05) is 30.3 Å². The fourth-order valence-electron chi connectivity index (χ4n) is 1.53. The van der Waals surface area contributed by atoms with Crippen molar-refractivity contribution < 1.29 is 14.7 Å². The van der Waals surface area contributed by atoms with Crippen molar-refractivity contribution in [1.29, 1.82) is 0 Å². The van der Waals surface area contributed by atoms with Gasteiger partial charge in [0.1, 0.15) is 6.04 Å². The quantitative estimate of drug-likeness (QED) is 0.614. The van der Waals surface area contributed by atoms with E-state index in [1.807, 2.05) is 0 Å². The Morgan fingerprint density at radius 1 is 1.32 bits per heavy atom. The summed E-state index contributed by atoms with van der Waals surface area (Å²) >= 11 is 0. The predicted octanol–water partition coefficient (Wildman–Crippen LogP) is 0.283. The van der Waals surface area contributed by atoms with Crippen molar-refractivity contribution in [2.75, 3.05) is 6.61 Å². The molecular formula is C13H19N3O3. The van der Waals surface area contributed by atoms with Gasteiger partial charge >= 0.3 is 6.03 Å². The summed E-state index contributed by atoms with van der Waals surface area (Å²) < 4.78 is 0. The lowest BCUT2D eigenvalue weighted by molar-refractivity contribution is -0.125. The van der Waals surface area contributed by atoms with Gasteiger partial charge in [-0.05, 0) is 19.4 Å². The van der Waals surface area contributed by atoms with Crippen molar-refractivity contribution in [2.24, 2.45) is 5.73 Å². The molecular weight excluding hydrogens is 246 g/mol. The molecule has 0 saturated heterocycles. The highest BCUT2D eigenvalue weighted by Gasteiger charge is 2.27. The summed E-state index contributed by atoms with van der Waals surface area (Å²) in [6.45, 7) is 3.14. The van der Waals surface area contributed by atoms with Crippen molar-refractivity contribution in [3.8, 4) is 0 Å². The Morgan fingerprint density at radius 3 is 2.37 bits per heavy atom. The average Bonchev–Trinajstić information content (AvgIpc) is 2.36. The molecule has 1 unspecified atom stereocenters. The van der Waals surface area contributed by atoms with Gasteiger partial charge in [0, 0.05) is 0 Å². The van der Waals surface area contributed by atoms with Gasteiger partial charge in [0.15, 0.2) is 0 Å². The summed E-state index contributed by atoms with van der Waals surface area (Å²) in [5.41, 5.74) is 4.93. The maximum absolute atomic E-state index is 12.2. The number of hydrogen-bond donors (Lipinski definition) is 4. The number of aliphatic hydroxyl groups is 1. The Morgan fingerprint density at radius 2 is 1.89 bits per heavy atom. The van der Waals surface area contributed by atoms with Crippen LogP contribution in [0.1, 0.15) is 25.5 Å². The third-order valence-electron chi connectivity index (χ3n) is 2.54. The molecule has 19 heavy (non-hydrogen) atoms. The van der Waals surface area contributed by atoms with E-state index in [0.29, 0.717) is 5.56 Å². The number of nitrogens with two attached hydrogens (primary N) is 1. The maximum atomic E-state index is 12.2. The molecule has 0 aliphatic heterocycles. The monoisotopic (exact) mass is 265 g/mol. The summed E-state index contributed by atoms with van der Waals surface area (Å²) in [6.07, 6.45) is 0. The zero-order valence-electron chi connectivity index (χ0n) is 11.0. The summed E-state index contributed by atoms with van der Waals surface area (Å²) in [7, 11) is 0. The first-order chi connectivity index (χ1) is 8.85. The molecule has 1 aromatic carbocycles. The van der Waals surface area contributed by atoms with Crippen LogP contribution in [0.3, 0.4) is 0 Å². The molecule has 3 amide bonds. The number of rotatable bonds is 5. The van der Waals surface area contributed by atoms with Crippen LogP contribution in [0, 0.1) is 0 Å². The van der Waals surface area contributed by atoms with Crippen molar-refractivity contribution in [1.82, 2.24) is 10.6 Å². The normalized spacial score (nSPS) is 12.6. The first kappa shape index (κ1) is 15.0. The highest BCUT2D eigenvalue weighted by atomic mass is 16.3. The second-order valence-electron chi connectivity index (χ2n) is 4.88. The average molecular weight is 265 g/mol. The van der Waals surface area contributed by atoms with E-state index < -0.39 is 23.5 Å². The van der Waals surface area contributed by atoms with E-state index in [4.69, 9.17) is 10.8 Å². The third-order valence-corrected chi connectivity index (χ3v) is 2.54. The number of urea groups is 1. The molecule has 6 heteroatoms. The SMILES string of the molecule is CC(C)(CO)NC(=O)C(NC(N)=O)c1ccccc1. The smallest absolute Gasteiger partial charge is 0.313 e. The number of nitrogens with one attached hydrogen (secondary N) is 2. The summed E-state index contributed by atoms with van der Waals surface area (Å²) in [5, 5.41) is 14.2. The van der Waals surface area contributed by atoms with Gasteiger partial charge in [-0.2, -0.15) is 0 Å². The van der Waals surface area contributed by atoms with Crippen molar-refractivity contribution in [3.63, 3.8) is 0 Å². The Hall–Kier alpha value is -2.08. The molecule has 0 spiro atoms.